The second-order valence-electron chi connectivity index (χ2n) is 6.18. The second kappa shape index (κ2) is 7.57. The lowest BCUT2D eigenvalue weighted by Crippen LogP contribution is -2.52. The van der Waals surface area contributed by atoms with E-state index in [1.165, 1.54) is 6.26 Å². The van der Waals surface area contributed by atoms with E-state index in [-0.39, 0.29) is 23.9 Å². The molecule has 0 aromatic carbocycles. The summed E-state index contributed by atoms with van der Waals surface area (Å²) in [5.41, 5.74) is -0.340. The number of hydrogen-bond donors (Lipinski definition) is 2. The highest BCUT2D eigenvalue weighted by molar-refractivity contribution is 7.90. The minimum absolute atomic E-state index is 0.0649. The number of aliphatic hydroxyl groups excluding tert-OH is 1. The highest BCUT2D eigenvalue weighted by Gasteiger charge is 2.27. The average molecular weight is 294 g/mol. The van der Waals surface area contributed by atoms with Crippen LogP contribution in [-0.4, -0.2) is 68.3 Å². The second-order valence-corrected chi connectivity index (χ2v) is 8.44. The summed E-state index contributed by atoms with van der Waals surface area (Å²) in [5, 5.41) is 12.9. The molecule has 0 spiro atoms. The lowest BCUT2D eigenvalue weighted by atomic mass is 9.93. The number of rotatable bonds is 9. The number of nitrogens with zero attached hydrogens (tertiary/aromatic N) is 1. The minimum Gasteiger partial charge on any atom is -0.394 e. The Morgan fingerprint density at radius 1 is 1.32 bits per heavy atom. The van der Waals surface area contributed by atoms with E-state index in [9.17, 15) is 13.5 Å². The largest absolute Gasteiger partial charge is 0.394 e. The third-order valence-corrected chi connectivity index (χ3v) is 4.22. The van der Waals surface area contributed by atoms with E-state index in [0.717, 1.165) is 6.42 Å². The lowest BCUT2D eigenvalue weighted by molar-refractivity contribution is 0.122. The average Bonchev–Trinajstić information content (AvgIpc) is 2.23. The number of aliphatic hydroxyl groups is 1. The van der Waals surface area contributed by atoms with Crippen molar-refractivity contribution in [2.75, 3.05) is 32.2 Å². The normalized spacial score (nSPS) is 17.7. The van der Waals surface area contributed by atoms with Crippen LogP contribution in [0.4, 0.5) is 0 Å². The molecule has 6 heteroatoms. The first kappa shape index (κ1) is 18.8. The van der Waals surface area contributed by atoms with Gasteiger partial charge < -0.3 is 15.3 Å². The van der Waals surface area contributed by atoms with Gasteiger partial charge in [-0.15, -0.1) is 0 Å². The van der Waals surface area contributed by atoms with Gasteiger partial charge in [-0.25, -0.2) is 8.42 Å². The van der Waals surface area contributed by atoms with Crippen LogP contribution in [0.1, 0.15) is 34.1 Å². The highest BCUT2D eigenvalue weighted by Crippen LogP contribution is 2.16. The molecule has 0 radical (unpaired) electrons. The maximum absolute atomic E-state index is 11.2. The predicted octanol–water partition coefficient (Wildman–Crippen LogP) is 0.490. The van der Waals surface area contributed by atoms with Crippen molar-refractivity contribution in [1.29, 1.82) is 0 Å². The van der Waals surface area contributed by atoms with Crippen LogP contribution >= 0.6 is 0 Å². The zero-order valence-corrected chi connectivity index (χ0v) is 13.9. The zero-order chi connectivity index (χ0) is 15.3. The van der Waals surface area contributed by atoms with Gasteiger partial charge in [0.1, 0.15) is 9.84 Å². The summed E-state index contributed by atoms with van der Waals surface area (Å²) < 4.78 is 22.3. The first-order valence-electron chi connectivity index (χ1n) is 6.75. The van der Waals surface area contributed by atoms with Gasteiger partial charge in [0.2, 0.25) is 0 Å². The van der Waals surface area contributed by atoms with Gasteiger partial charge in [-0.2, -0.15) is 0 Å². The Morgan fingerprint density at radius 2 is 1.84 bits per heavy atom. The Balaban J connectivity index is 4.43. The van der Waals surface area contributed by atoms with Crippen molar-refractivity contribution in [3.63, 3.8) is 0 Å². The molecule has 0 aliphatic rings. The third kappa shape index (κ3) is 8.57. The zero-order valence-electron chi connectivity index (χ0n) is 13.1. The van der Waals surface area contributed by atoms with Crippen LogP contribution < -0.4 is 5.32 Å². The van der Waals surface area contributed by atoms with Gasteiger partial charge in [0.25, 0.3) is 0 Å². The van der Waals surface area contributed by atoms with Gasteiger partial charge in [0.05, 0.1) is 12.4 Å². The predicted molar refractivity (Wildman–Crippen MR) is 80.2 cm³/mol. The Morgan fingerprint density at radius 3 is 2.21 bits per heavy atom. The molecule has 2 N–H and O–H groups in total. The van der Waals surface area contributed by atoms with E-state index in [4.69, 9.17) is 0 Å². The van der Waals surface area contributed by atoms with E-state index in [1.54, 1.807) is 0 Å². The van der Waals surface area contributed by atoms with E-state index < -0.39 is 9.84 Å². The Kier molecular flexibility index (Phi) is 7.50. The molecule has 0 saturated carbocycles. The first-order chi connectivity index (χ1) is 8.49. The Labute approximate surface area is 118 Å². The first-order valence-corrected chi connectivity index (χ1v) is 8.81. The fourth-order valence-corrected chi connectivity index (χ4v) is 2.82. The van der Waals surface area contributed by atoms with Crippen molar-refractivity contribution in [1.82, 2.24) is 10.2 Å². The fourth-order valence-electron chi connectivity index (χ4n) is 2.20. The molecular weight excluding hydrogens is 264 g/mol. The van der Waals surface area contributed by atoms with E-state index in [0.29, 0.717) is 12.6 Å². The summed E-state index contributed by atoms with van der Waals surface area (Å²) >= 11 is 0. The van der Waals surface area contributed by atoms with Gasteiger partial charge in [-0.1, -0.05) is 13.8 Å². The molecule has 0 aliphatic carbocycles. The lowest BCUT2D eigenvalue weighted by Gasteiger charge is -2.36. The van der Waals surface area contributed by atoms with Gasteiger partial charge in [-0.3, -0.25) is 0 Å². The van der Waals surface area contributed by atoms with Crippen molar-refractivity contribution in [3.8, 4) is 0 Å². The van der Waals surface area contributed by atoms with E-state index in [2.05, 4.69) is 12.2 Å². The molecule has 0 heterocycles. The van der Waals surface area contributed by atoms with Crippen molar-refractivity contribution >= 4 is 9.84 Å². The molecule has 0 fully saturated rings. The molecule has 0 rings (SSSR count). The van der Waals surface area contributed by atoms with Crippen molar-refractivity contribution < 1.29 is 13.5 Å². The van der Waals surface area contributed by atoms with E-state index >= 15 is 0 Å². The van der Waals surface area contributed by atoms with Crippen LogP contribution in [0.2, 0.25) is 0 Å². The van der Waals surface area contributed by atoms with Crippen LogP contribution in [0, 0.1) is 0 Å². The van der Waals surface area contributed by atoms with Gasteiger partial charge in [0, 0.05) is 30.4 Å². The van der Waals surface area contributed by atoms with Crippen LogP contribution in [0.25, 0.3) is 0 Å². The topological polar surface area (TPSA) is 69.6 Å². The Bertz CT molecular complexity index is 357. The molecule has 0 aromatic rings. The van der Waals surface area contributed by atoms with Crippen LogP contribution in [0.3, 0.4) is 0 Å². The Hall–Kier alpha value is -0.170. The van der Waals surface area contributed by atoms with E-state index in [1.807, 2.05) is 32.7 Å². The maximum Gasteiger partial charge on any atom is 0.148 e. The minimum atomic E-state index is -2.93. The SMILES string of the molecule is CC(C)NC(C)(CO)CC(C)N(C)CCS(C)(=O)=O. The fraction of sp³-hybridized carbons (Fsp3) is 1.00. The summed E-state index contributed by atoms with van der Waals surface area (Å²) in [5.74, 6) is 0.168. The third-order valence-electron chi connectivity index (χ3n) is 3.30. The van der Waals surface area contributed by atoms with Crippen molar-refractivity contribution in [2.24, 2.45) is 0 Å². The highest BCUT2D eigenvalue weighted by atomic mass is 32.2. The molecule has 0 aromatic heterocycles. The van der Waals surface area contributed by atoms with Crippen LogP contribution in [-0.2, 0) is 9.84 Å². The van der Waals surface area contributed by atoms with Crippen molar-refractivity contribution in [3.05, 3.63) is 0 Å². The number of nitrogens with one attached hydrogen (secondary N) is 1. The maximum atomic E-state index is 11.2. The smallest absolute Gasteiger partial charge is 0.148 e. The summed E-state index contributed by atoms with van der Waals surface area (Å²) in [6, 6.07) is 0.496. The number of hydrogen-bond acceptors (Lipinski definition) is 5. The van der Waals surface area contributed by atoms with Crippen molar-refractivity contribution in [2.45, 2.75) is 51.7 Å². The van der Waals surface area contributed by atoms with Gasteiger partial charge in [0.15, 0.2) is 0 Å². The standard InChI is InChI=1S/C13H30N2O3S/c1-11(2)14-13(4,10-16)9-12(3)15(5)7-8-19(6,17)18/h11-12,14,16H,7-10H2,1-6H3. The summed E-state index contributed by atoms with van der Waals surface area (Å²) in [6.07, 6.45) is 2.02. The summed E-state index contributed by atoms with van der Waals surface area (Å²) in [4.78, 5) is 2.02. The molecule has 116 valence electrons. The molecule has 0 aliphatic heterocycles. The molecule has 5 nitrogen and oxygen atoms in total. The summed E-state index contributed by atoms with van der Waals surface area (Å²) in [7, 11) is -1.01. The van der Waals surface area contributed by atoms with Gasteiger partial charge >= 0.3 is 0 Å². The quantitative estimate of drug-likeness (QED) is 0.648. The monoisotopic (exact) mass is 294 g/mol. The molecule has 0 bridgehead atoms. The van der Waals surface area contributed by atoms with Gasteiger partial charge in [-0.05, 0) is 27.3 Å². The number of sulfone groups is 1. The molecular formula is C13H30N2O3S. The van der Waals surface area contributed by atoms with Crippen LogP contribution in [0.5, 0.6) is 0 Å². The molecule has 19 heavy (non-hydrogen) atoms. The molecule has 2 unspecified atom stereocenters. The molecule has 0 saturated heterocycles. The van der Waals surface area contributed by atoms with Crippen LogP contribution in [0.15, 0.2) is 0 Å². The summed E-state index contributed by atoms with van der Waals surface area (Å²) in [6.45, 7) is 8.72. The molecule has 2 atom stereocenters. The molecule has 0 amide bonds.